The topological polar surface area (TPSA) is 92.1 Å². The van der Waals surface area contributed by atoms with Gasteiger partial charge in [-0.2, -0.15) is 5.10 Å². The number of carbonyl (C=O) groups is 1. The van der Waals surface area contributed by atoms with Gasteiger partial charge in [0.2, 0.25) is 0 Å². The zero-order chi connectivity index (χ0) is 24.0. The van der Waals surface area contributed by atoms with E-state index >= 15 is 0 Å². The fraction of sp³-hybridized carbons (Fsp3) is 0.375. The van der Waals surface area contributed by atoms with Crippen LogP contribution in [0.3, 0.4) is 0 Å². The second-order valence-electron chi connectivity index (χ2n) is 8.66. The molecule has 1 aliphatic carbocycles. The average molecular weight is 422 g/mol. The monoisotopic (exact) mass is 421 g/mol. The number of pyridine rings is 1. The van der Waals surface area contributed by atoms with Crippen molar-refractivity contribution in [2.75, 3.05) is 11.9 Å². The molecule has 1 amide bonds. The molecule has 1 fully saturated rings. The van der Waals surface area contributed by atoms with E-state index in [1.165, 1.54) is 0 Å². The second kappa shape index (κ2) is 8.15. The molecule has 1 aromatic carbocycles. The number of nitrogens with one attached hydrogen (secondary N) is 2. The summed E-state index contributed by atoms with van der Waals surface area (Å²) in [4.78, 5) is 17.2. The first kappa shape index (κ1) is 18.6. The van der Waals surface area contributed by atoms with E-state index < -0.39 is 12.1 Å². The number of aromatic nitrogens is 3. The number of hydrogen-bond donors (Lipinski definition) is 3. The van der Waals surface area contributed by atoms with Crippen LogP contribution in [-0.2, 0) is 7.05 Å². The number of aliphatic hydroxyl groups is 1. The van der Waals surface area contributed by atoms with Crippen molar-refractivity contribution in [1.82, 2.24) is 20.1 Å². The highest BCUT2D eigenvalue weighted by Gasteiger charge is 2.24. The Hall–Kier alpha value is -3.19. The second-order valence-corrected chi connectivity index (χ2v) is 8.66. The predicted octanol–water partition coefficient (Wildman–Crippen LogP) is 3.53. The predicted molar refractivity (Wildman–Crippen MR) is 122 cm³/mol. The third kappa shape index (κ3) is 4.77. The molecule has 1 saturated carbocycles. The average Bonchev–Trinajstić information content (AvgIpc) is 3.44. The summed E-state index contributed by atoms with van der Waals surface area (Å²) < 4.78 is 17.2. The van der Waals surface area contributed by atoms with Crippen molar-refractivity contribution < 1.29 is 12.6 Å². The van der Waals surface area contributed by atoms with Gasteiger partial charge < -0.3 is 15.7 Å². The molecular formula is C24H29N5O2. The third-order valence-corrected chi connectivity index (χ3v) is 5.34. The van der Waals surface area contributed by atoms with Crippen molar-refractivity contribution in [1.29, 1.82) is 0 Å². The fourth-order valence-electron chi connectivity index (χ4n) is 3.39. The number of rotatable bonds is 7. The number of amides is 1. The van der Waals surface area contributed by atoms with Crippen molar-refractivity contribution in [3.63, 3.8) is 0 Å². The Morgan fingerprint density at radius 2 is 2.03 bits per heavy atom. The van der Waals surface area contributed by atoms with Crippen molar-refractivity contribution in [2.45, 2.75) is 45.2 Å². The minimum Gasteiger partial charge on any atom is -0.394 e. The van der Waals surface area contributed by atoms with Gasteiger partial charge in [0.25, 0.3) is 5.91 Å². The Kier molecular flexibility index (Phi) is 4.88. The molecule has 2 aromatic heterocycles. The quantitative estimate of drug-likeness (QED) is 0.543. The van der Waals surface area contributed by atoms with Gasteiger partial charge in [-0.3, -0.25) is 9.48 Å². The number of hydrogen-bond acceptors (Lipinski definition) is 5. The Labute approximate surface area is 185 Å². The molecule has 0 spiro atoms. The van der Waals surface area contributed by atoms with Gasteiger partial charge in [0.1, 0.15) is 5.82 Å². The van der Waals surface area contributed by atoms with E-state index in [1.807, 2.05) is 44.4 Å². The zero-order valence-corrected chi connectivity index (χ0v) is 18.2. The van der Waals surface area contributed by atoms with Crippen LogP contribution < -0.4 is 10.6 Å². The first-order chi connectivity index (χ1) is 15.4. The van der Waals surface area contributed by atoms with Crippen LogP contribution in [0.1, 0.15) is 45.4 Å². The Morgan fingerprint density at radius 3 is 2.68 bits per heavy atom. The summed E-state index contributed by atoms with van der Waals surface area (Å²) in [6, 6.07) is 7.85. The van der Waals surface area contributed by atoms with Crippen molar-refractivity contribution in [3.8, 4) is 22.3 Å². The molecule has 7 heteroatoms. The standard InChI is InChI=1S/C24H29N5O2/c1-15-5-6-16(23(31)27-19-7-8-19)9-20(15)17-10-21(18-12-26-29(4)13-18)22(25-11-17)28-24(2,3)14-30/h5-6,9-13,19,30H,7-8,14H2,1-4H3,(H,25,28)(H,27,31)/i14D2. The molecule has 4 rings (SSSR count). The number of aryl methyl sites for hydroxylation is 2. The minimum absolute atomic E-state index is 0.0793. The van der Waals surface area contributed by atoms with E-state index in [4.69, 9.17) is 2.74 Å². The molecule has 31 heavy (non-hydrogen) atoms. The first-order valence-corrected chi connectivity index (χ1v) is 10.4. The highest BCUT2D eigenvalue weighted by atomic mass is 16.3. The zero-order valence-electron chi connectivity index (χ0n) is 20.2. The maximum atomic E-state index is 12.6. The lowest BCUT2D eigenvalue weighted by Crippen LogP contribution is -2.35. The van der Waals surface area contributed by atoms with E-state index in [1.54, 1.807) is 30.9 Å². The van der Waals surface area contributed by atoms with Gasteiger partial charge >= 0.3 is 0 Å². The van der Waals surface area contributed by atoms with E-state index in [0.29, 0.717) is 16.9 Å². The van der Waals surface area contributed by atoms with Crippen molar-refractivity contribution in [3.05, 3.63) is 54.0 Å². The number of nitrogens with zero attached hydrogens (tertiary/aromatic N) is 3. The molecular weight excluding hydrogens is 390 g/mol. The van der Waals surface area contributed by atoms with Gasteiger partial charge in [0.15, 0.2) is 0 Å². The van der Waals surface area contributed by atoms with Crippen molar-refractivity contribution in [2.24, 2.45) is 7.05 Å². The number of anilines is 1. The Balaban J connectivity index is 1.77. The van der Waals surface area contributed by atoms with Crippen LogP contribution in [0.4, 0.5) is 5.82 Å². The first-order valence-electron chi connectivity index (χ1n) is 11.4. The third-order valence-electron chi connectivity index (χ3n) is 5.34. The lowest BCUT2D eigenvalue weighted by Gasteiger charge is -2.26. The molecule has 3 aromatic rings. The summed E-state index contributed by atoms with van der Waals surface area (Å²) in [6.45, 7) is 2.65. The van der Waals surface area contributed by atoms with E-state index in [0.717, 1.165) is 35.1 Å². The molecule has 0 unspecified atom stereocenters. The van der Waals surface area contributed by atoms with Gasteiger partial charge in [0, 0.05) is 47.7 Å². The van der Waals surface area contributed by atoms with Crippen LogP contribution >= 0.6 is 0 Å². The minimum atomic E-state index is -2.47. The molecule has 162 valence electrons. The molecule has 0 aliphatic heterocycles. The van der Waals surface area contributed by atoms with E-state index in [-0.39, 0.29) is 11.9 Å². The smallest absolute Gasteiger partial charge is 0.251 e. The van der Waals surface area contributed by atoms with Gasteiger partial charge in [-0.15, -0.1) is 0 Å². The van der Waals surface area contributed by atoms with Gasteiger partial charge in [-0.1, -0.05) is 6.07 Å². The summed E-state index contributed by atoms with van der Waals surface area (Å²) >= 11 is 0. The summed E-state index contributed by atoms with van der Waals surface area (Å²) in [6.07, 6.45) is 7.30. The normalized spacial score (nSPS) is 15.3. The van der Waals surface area contributed by atoms with E-state index in [9.17, 15) is 9.90 Å². The molecule has 2 heterocycles. The molecule has 0 radical (unpaired) electrons. The highest BCUT2D eigenvalue weighted by Crippen LogP contribution is 2.34. The summed E-state index contributed by atoms with van der Waals surface area (Å²) in [5, 5.41) is 20.3. The molecule has 1 aliphatic rings. The summed E-state index contributed by atoms with van der Waals surface area (Å²) in [7, 11) is 1.82. The number of benzene rings is 1. The molecule has 3 N–H and O–H groups in total. The summed E-state index contributed by atoms with van der Waals surface area (Å²) in [5.41, 5.74) is 3.53. The maximum absolute atomic E-state index is 12.6. The molecule has 0 bridgehead atoms. The van der Waals surface area contributed by atoms with Gasteiger partial charge in [-0.05, 0) is 62.9 Å². The van der Waals surface area contributed by atoms with Crippen LogP contribution in [-0.4, -0.2) is 43.9 Å². The number of carbonyl (C=O) groups excluding carboxylic acids is 1. The lowest BCUT2D eigenvalue weighted by molar-refractivity contribution is 0.0951. The van der Waals surface area contributed by atoms with Gasteiger partial charge in [0.05, 0.1) is 21.0 Å². The highest BCUT2D eigenvalue weighted by molar-refractivity contribution is 5.96. The molecule has 0 saturated heterocycles. The lowest BCUT2D eigenvalue weighted by atomic mass is 9.96. The largest absolute Gasteiger partial charge is 0.394 e. The van der Waals surface area contributed by atoms with Crippen LogP contribution in [0, 0.1) is 6.92 Å². The maximum Gasteiger partial charge on any atom is 0.251 e. The summed E-state index contributed by atoms with van der Waals surface area (Å²) in [5.74, 6) is 0.347. The van der Waals surface area contributed by atoms with E-state index in [2.05, 4.69) is 20.7 Å². The molecule has 7 nitrogen and oxygen atoms in total. The Bertz CT molecular complexity index is 1200. The van der Waals surface area contributed by atoms with Crippen LogP contribution in [0.5, 0.6) is 0 Å². The van der Waals surface area contributed by atoms with Crippen molar-refractivity contribution >= 4 is 11.7 Å². The fourth-order valence-corrected chi connectivity index (χ4v) is 3.39. The van der Waals surface area contributed by atoms with Crippen LogP contribution in [0.2, 0.25) is 0 Å². The SMILES string of the molecule is [2H]C([2H])(O)C(C)(C)Nc1ncc(-c2cc(C(=O)NC3CC3)ccc2C)cc1-c1cnn(C)c1. The van der Waals surface area contributed by atoms with Crippen LogP contribution in [0.15, 0.2) is 42.9 Å². The Morgan fingerprint density at radius 1 is 1.26 bits per heavy atom. The molecule has 0 atom stereocenters. The van der Waals surface area contributed by atoms with Gasteiger partial charge in [-0.25, -0.2) is 4.98 Å². The van der Waals surface area contributed by atoms with Crippen LogP contribution in [0.25, 0.3) is 22.3 Å².